The van der Waals surface area contributed by atoms with E-state index in [4.69, 9.17) is 0 Å². The Bertz CT molecular complexity index is 414. The van der Waals surface area contributed by atoms with Crippen molar-refractivity contribution in [2.75, 3.05) is 82.1 Å². The average molecular weight is 781 g/mol. The third-order valence-corrected chi connectivity index (χ3v) is 23.2. The van der Waals surface area contributed by atoms with Crippen LogP contribution in [0.2, 0.25) is 0 Å². The number of nitrogens with zero attached hydrogens (tertiary/aromatic N) is 6. The van der Waals surface area contributed by atoms with E-state index in [1.54, 1.807) is 0 Å². The first-order valence-electron chi connectivity index (χ1n) is 11.4. The monoisotopic (exact) mass is 778 g/mol. The molecule has 0 amide bonds. The predicted molar refractivity (Wildman–Crippen MR) is 153 cm³/mol. The van der Waals surface area contributed by atoms with Gasteiger partial charge >= 0.3 is 229 Å². The van der Waals surface area contributed by atoms with Crippen LogP contribution < -0.4 is 0 Å². The van der Waals surface area contributed by atoms with Gasteiger partial charge in [0.05, 0.1) is 0 Å². The zero-order valence-corrected chi connectivity index (χ0v) is 31.1. The van der Waals surface area contributed by atoms with Gasteiger partial charge in [0.25, 0.3) is 0 Å². The number of hydrogen-bond donors (Lipinski definition) is 0. The summed E-state index contributed by atoms with van der Waals surface area (Å²) in [5.74, 6) is 0. The van der Waals surface area contributed by atoms with Crippen molar-refractivity contribution in [3.05, 3.63) is 31.8 Å². The van der Waals surface area contributed by atoms with Crippen LogP contribution in [0.3, 0.4) is 0 Å². The van der Waals surface area contributed by atoms with Gasteiger partial charge in [-0.05, 0) is 0 Å². The topological polar surface area (TPSA) is 19.4 Å². The van der Waals surface area contributed by atoms with Crippen molar-refractivity contribution in [3.63, 3.8) is 0 Å². The quantitative estimate of drug-likeness (QED) is 0.251. The van der Waals surface area contributed by atoms with Crippen LogP contribution in [0, 0.1) is 0 Å². The van der Waals surface area contributed by atoms with Gasteiger partial charge in [0.2, 0.25) is 0 Å². The first kappa shape index (κ1) is 38.0. The molecular weight excluding hydrogens is 726 g/mol. The molecule has 0 aliphatic carbocycles. The van der Waals surface area contributed by atoms with E-state index in [1.807, 2.05) is 12.1 Å². The molecule has 0 fully saturated rings. The van der Waals surface area contributed by atoms with Crippen molar-refractivity contribution in [3.8, 4) is 0 Å². The zero-order valence-electron chi connectivity index (χ0n) is 23.4. The Hall–Kier alpha value is 1.43. The molecular formula is C23H55N6Sb3. The third-order valence-electron chi connectivity index (χ3n) is 4.81. The minimum atomic E-state index is -1.48. The molecule has 0 aliphatic heterocycles. The van der Waals surface area contributed by atoms with E-state index < -0.39 is 62.3 Å². The second kappa shape index (κ2) is 24.1. The van der Waals surface area contributed by atoms with E-state index in [-0.39, 0.29) is 0 Å². The van der Waals surface area contributed by atoms with Crippen LogP contribution in [0.5, 0.6) is 0 Å². The van der Waals surface area contributed by atoms with Gasteiger partial charge in [-0.15, -0.1) is 0 Å². The summed E-state index contributed by atoms with van der Waals surface area (Å²) in [5.41, 5.74) is 0. The Morgan fingerprint density at radius 1 is 0.469 bits per heavy atom. The number of hydrogen-bond acceptors (Lipinski definition) is 6. The van der Waals surface area contributed by atoms with E-state index >= 15 is 0 Å². The minimum absolute atomic E-state index is 1.16. The predicted octanol–water partition coefficient (Wildman–Crippen LogP) is 2.92. The molecule has 0 aromatic heterocycles. The maximum absolute atomic E-state index is 3.64. The molecule has 192 valence electrons. The Labute approximate surface area is 227 Å². The molecule has 9 heteroatoms. The van der Waals surface area contributed by atoms with E-state index in [1.165, 1.54) is 0 Å². The Balaban J connectivity index is -0.000000412. The summed E-state index contributed by atoms with van der Waals surface area (Å²) in [6, 6.07) is 0. The van der Waals surface area contributed by atoms with Crippen LogP contribution in [0.15, 0.2) is 31.8 Å². The van der Waals surface area contributed by atoms with Crippen molar-refractivity contribution in [1.82, 2.24) is 18.4 Å². The van der Waals surface area contributed by atoms with Gasteiger partial charge in [-0.3, -0.25) is 0 Å². The molecule has 0 heterocycles. The average Bonchev–Trinajstić information content (AvgIpc) is 2.80. The van der Waals surface area contributed by atoms with Crippen molar-refractivity contribution in [1.29, 1.82) is 0 Å². The van der Waals surface area contributed by atoms with Crippen molar-refractivity contribution in [2.45, 2.75) is 34.6 Å². The Kier molecular flexibility index (Phi) is 28.6. The maximum atomic E-state index is 3.64. The van der Waals surface area contributed by atoms with Crippen LogP contribution in [0.25, 0.3) is 0 Å². The second-order valence-electron chi connectivity index (χ2n) is 7.25. The SMILES string of the molecule is C=[CH][Sb]([CH]=C)[CH]=C.CC[N](C)[Sb]([N](C)C)[N](C)CC.CC[N](C)[Sb]([N](C)CC)[N](C)CC. The molecule has 0 aromatic carbocycles. The Morgan fingerprint density at radius 3 is 0.812 bits per heavy atom. The second-order valence-corrected chi connectivity index (χ2v) is 28.0. The summed E-state index contributed by atoms with van der Waals surface area (Å²) in [7, 11) is 15.6. The van der Waals surface area contributed by atoms with E-state index in [2.05, 4.69) is 122 Å². The molecule has 0 spiro atoms. The summed E-state index contributed by atoms with van der Waals surface area (Å²) < 4.78 is 21.0. The molecule has 0 N–H and O–H groups in total. The molecule has 0 aromatic rings. The van der Waals surface area contributed by atoms with Gasteiger partial charge in [-0.1, -0.05) is 0 Å². The molecule has 0 saturated heterocycles. The van der Waals surface area contributed by atoms with Gasteiger partial charge in [0.15, 0.2) is 0 Å². The Morgan fingerprint density at radius 2 is 0.688 bits per heavy atom. The van der Waals surface area contributed by atoms with Crippen molar-refractivity contribution < 1.29 is 0 Å². The zero-order chi connectivity index (χ0) is 25.9. The van der Waals surface area contributed by atoms with Crippen LogP contribution >= 0.6 is 0 Å². The summed E-state index contributed by atoms with van der Waals surface area (Å²) >= 11 is -4.18. The van der Waals surface area contributed by atoms with Gasteiger partial charge in [-0.25, -0.2) is 0 Å². The fourth-order valence-corrected chi connectivity index (χ4v) is 16.8. The molecule has 6 nitrogen and oxygen atoms in total. The van der Waals surface area contributed by atoms with E-state index in [0.29, 0.717) is 0 Å². The normalized spacial score (nSPS) is 11.5. The standard InChI is InChI=1S/5C3H8N.C2H6N.3C2H3.3Sb/c5*1-3-4-2;1-3-2;3*1-2;;;/h5*3H2,1-2H3;1-2H3;3*1H,2H2;;;/q6*-1;;;;;2*+3. The molecule has 32 heavy (non-hydrogen) atoms. The van der Waals surface area contributed by atoms with Gasteiger partial charge in [0, 0.05) is 0 Å². The molecule has 0 aliphatic rings. The number of rotatable bonds is 14. The van der Waals surface area contributed by atoms with Crippen molar-refractivity contribution >= 4 is 62.3 Å². The summed E-state index contributed by atoms with van der Waals surface area (Å²) in [4.78, 5) is 0. The molecule has 0 unspecified atom stereocenters. The molecule has 0 radical (unpaired) electrons. The fraction of sp³-hybridized carbons (Fsp3) is 0.739. The summed E-state index contributed by atoms with van der Waals surface area (Å²) in [5, 5.41) is 0. The van der Waals surface area contributed by atoms with E-state index in [0.717, 1.165) is 32.7 Å². The molecule has 0 rings (SSSR count). The molecule has 0 atom stereocenters. The van der Waals surface area contributed by atoms with Gasteiger partial charge in [-0.2, -0.15) is 0 Å². The molecule has 0 saturated carbocycles. The van der Waals surface area contributed by atoms with E-state index in [9.17, 15) is 0 Å². The first-order chi connectivity index (χ1) is 15.0. The van der Waals surface area contributed by atoms with Crippen LogP contribution in [0.4, 0.5) is 0 Å². The summed E-state index contributed by atoms with van der Waals surface area (Å²) in [6.45, 7) is 27.9. The molecule has 0 bridgehead atoms. The van der Waals surface area contributed by atoms with Crippen LogP contribution in [0.1, 0.15) is 34.6 Å². The van der Waals surface area contributed by atoms with Gasteiger partial charge in [0.1, 0.15) is 0 Å². The van der Waals surface area contributed by atoms with Crippen LogP contribution in [-0.4, -0.2) is 163 Å². The van der Waals surface area contributed by atoms with Crippen LogP contribution in [-0.2, 0) is 0 Å². The fourth-order valence-electron chi connectivity index (χ4n) is 2.51. The van der Waals surface area contributed by atoms with Gasteiger partial charge < -0.3 is 0 Å². The first-order valence-corrected chi connectivity index (χ1v) is 22.7. The van der Waals surface area contributed by atoms with Crippen molar-refractivity contribution in [2.24, 2.45) is 0 Å². The summed E-state index contributed by atoms with van der Waals surface area (Å²) in [6.07, 6.45) is 0. The third kappa shape index (κ3) is 17.0.